The molecule has 26 heavy (non-hydrogen) atoms. The van der Waals surface area contributed by atoms with Gasteiger partial charge in [0.05, 0.1) is 13.0 Å². The van der Waals surface area contributed by atoms with Crippen LogP contribution in [0.3, 0.4) is 0 Å². The van der Waals surface area contributed by atoms with Crippen LogP contribution in [-0.2, 0) is 14.3 Å². The number of hydrogen-bond acceptors (Lipinski definition) is 6. The number of aryl methyl sites for hydroxylation is 1. The van der Waals surface area contributed by atoms with Gasteiger partial charge in [-0.2, -0.15) is 0 Å². The number of benzene rings is 1. The predicted molar refractivity (Wildman–Crippen MR) is 101 cm³/mol. The van der Waals surface area contributed by atoms with Crippen LogP contribution in [0.4, 0.5) is 10.8 Å². The number of amides is 2. The molecule has 1 aromatic heterocycles. The first-order valence-corrected chi connectivity index (χ1v) is 9.47. The topological polar surface area (TPSA) is 84.4 Å². The number of rotatable bonds is 7. The molecule has 1 saturated heterocycles. The molecule has 0 saturated carbocycles. The fourth-order valence-corrected chi connectivity index (χ4v) is 3.76. The van der Waals surface area contributed by atoms with Crippen molar-refractivity contribution < 1.29 is 14.3 Å². The van der Waals surface area contributed by atoms with Gasteiger partial charge in [0.2, 0.25) is 16.9 Å². The molecular weight excluding hydrogens is 352 g/mol. The highest BCUT2D eigenvalue weighted by Crippen LogP contribution is 2.35. The lowest BCUT2D eigenvalue weighted by molar-refractivity contribution is -0.118. The summed E-state index contributed by atoms with van der Waals surface area (Å²) in [6, 6.07) is 7.85. The number of nitrogens with one attached hydrogen (secondary N) is 1. The van der Waals surface area contributed by atoms with Crippen molar-refractivity contribution in [2.24, 2.45) is 0 Å². The van der Waals surface area contributed by atoms with Gasteiger partial charge in [-0.05, 0) is 25.5 Å². The maximum absolute atomic E-state index is 12.4. The molecule has 0 unspecified atom stereocenters. The zero-order valence-corrected chi connectivity index (χ0v) is 15.7. The molecule has 2 amide bonds. The van der Waals surface area contributed by atoms with Gasteiger partial charge in [0.1, 0.15) is 5.01 Å². The lowest BCUT2D eigenvalue weighted by Crippen LogP contribution is -2.25. The van der Waals surface area contributed by atoms with Gasteiger partial charge in [-0.1, -0.05) is 29.5 Å². The third-order valence-corrected chi connectivity index (χ3v) is 5.25. The first kappa shape index (κ1) is 18.5. The average molecular weight is 374 g/mol. The van der Waals surface area contributed by atoms with Crippen LogP contribution in [0, 0.1) is 6.92 Å². The maximum atomic E-state index is 12.4. The molecule has 138 valence electrons. The van der Waals surface area contributed by atoms with Crippen LogP contribution in [0.2, 0.25) is 0 Å². The molecule has 0 bridgehead atoms. The highest BCUT2D eigenvalue weighted by Gasteiger charge is 2.34. The predicted octanol–water partition coefficient (Wildman–Crippen LogP) is 2.73. The van der Waals surface area contributed by atoms with E-state index in [1.54, 1.807) is 0 Å². The molecule has 8 heteroatoms. The number of aromatic nitrogens is 2. The zero-order valence-electron chi connectivity index (χ0n) is 14.9. The molecule has 0 aliphatic carbocycles. The van der Waals surface area contributed by atoms with E-state index in [2.05, 4.69) is 15.5 Å². The number of ether oxygens (including phenoxy) is 1. The van der Waals surface area contributed by atoms with E-state index in [1.165, 1.54) is 11.3 Å². The molecule has 1 atom stereocenters. The van der Waals surface area contributed by atoms with Crippen LogP contribution in [0.5, 0.6) is 0 Å². The summed E-state index contributed by atoms with van der Waals surface area (Å²) in [6.45, 7) is 5.44. The number of carbonyl (C=O) groups excluding carboxylic acids is 2. The van der Waals surface area contributed by atoms with Crippen LogP contribution in [0.25, 0.3) is 0 Å². The Hall–Kier alpha value is -2.32. The molecule has 1 N–H and O–H groups in total. The van der Waals surface area contributed by atoms with Gasteiger partial charge in [0.15, 0.2) is 0 Å². The molecule has 1 aliphatic rings. The van der Waals surface area contributed by atoms with Crippen molar-refractivity contribution in [3.05, 3.63) is 34.8 Å². The molecule has 1 aromatic carbocycles. The van der Waals surface area contributed by atoms with Crippen molar-refractivity contribution in [2.75, 3.05) is 30.0 Å². The summed E-state index contributed by atoms with van der Waals surface area (Å²) in [4.78, 5) is 26.1. The van der Waals surface area contributed by atoms with Crippen molar-refractivity contribution in [3.8, 4) is 0 Å². The summed E-state index contributed by atoms with van der Waals surface area (Å²) in [7, 11) is 0. The van der Waals surface area contributed by atoms with Crippen LogP contribution in [-0.4, -0.2) is 41.8 Å². The minimum absolute atomic E-state index is 0.00585. The second-order valence-electron chi connectivity index (χ2n) is 6.13. The Morgan fingerprint density at radius 2 is 2.19 bits per heavy atom. The van der Waals surface area contributed by atoms with E-state index >= 15 is 0 Å². The van der Waals surface area contributed by atoms with Gasteiger partial charge in [-0.3, -0.25) is 9.59 Å². The molecule has 1 fully saturated rings. The highest BCUT2D eigenvalue weighted by molar-refractivity contribution is 7.15. The number of nitrogens with zero attached hydrogens (tertiary/aromatic N) is 3. The number of carbonyl (C=O) groups is 2. The minimum Gasteiger partial charge on any atom is -0.381 e. The minimum atomic E-state index is -0.148. The van der Waals surface area contributed by atoms with Crippen molar-refractivity contribution in [1.29, 1.82) is 0 Å². The van der Waals surface area contributed by atoms with Crippen LogP contribution in [0.1, 0.15) is 36.3 Å². The van der Waals surface area contributed by atoms with Crippen molar-refractivity contribution >= 4 is 34.0 Å². The Balaban J connectivity index is 1.62. The normalized spacial score (nSPS) is 16.9. The van der Waals surface area contributed by atoms with E-state index in [0.717, 1.165) is 16.3 Å². The Bertz CT molecular complexity index is 792. The van der Waals surface area contributed by atoms with Gasteiger partial charge < -0.3 is 15.0 Å². The third kappa shape index (κ3) is 4.25. The quantitative estimate of drug-likeness (QED) is 0.753. The molecule has 1 aliphatic heterocycles. The zero-order chi connectivity index (χ0) is 18.5. The van der Waals surface area contributed by atoms with E-state index < -0.39 is 0 Å². The standard InChI is InChI=1S/C18H22N4O3S/c1-3-25-9-8-15(23)19-18-21-20-17(26-18)13-10-16(24)22(11-13)14-7-5-4-6-12(14)2/h4-7,13H,3,8-11H2,1-2H3,(H,19,21,23)/t13-/m1/s1. The summed E-state index contributed by atoms with van der Waals surface area (Å²) in [6.07, 6.45) is 0.687. The summed E-state index contributed by atoms with van der Waals surface area (Å²) in [5, 5.41) is 12.2. The summed E-state index contributed by atoms with van der Waals surface area (Å²) in [5.74, 6) is -0.0688. The monoisotopic (exact) mass is 374 g/mol. The molecule has 2 aromatic rings. The Labute approximate surface area is 156 Å². The molecule has 0 spiro atoms. The van der Waals surface area contributed by atoms with Crippen molar-refractivity contribution in [1.82, 2.24) is 10.2 Å². The Morgan fingerprint density at radius 1 is 1.38 bits per heavy atom. The third-order valence-electron chi connectivity index (χ3n) is 4.25. The van der Waals surface area contributed by atoms with Crippen molar-refractivity contribution in [2.45, 2.75) is 32.6 Å². The second-order valence-corrected chi connectivity index (χ2v) is 7.14. The lowest BCUT2D eigenvalue weighted by atomic mass is 10.1. The Kier molecular flexibility index (Phi) is 5.95. The number of para-hydroxylation sites is 1. The van der Waals surface area contributed by atoms with E-state index in [1.807, 2.05) is 43.0 Å². The highest BCUT2D eigenvalue weighted by atomic mass is 32.1. The van der Waals surface area contributed by atoms with Gasteiger partial charge >= 0.3 is 0 Å². The smallest absolute Gasteiger partial charge is 0.228 e. The number of hydrogen-bond donors (Lipinski definition) is 1. The fourth-order valence-electron chi connectivity index (χ4n) is 2.91. The second kappa shape index (κ2) is 8.37. The van der Waals surface area contributed by atoms with Gasteiger partial charge in [0, 0.05) is 31.2 Å². The first-order valence-electron chi connectivity index (χ1n) is 8.65. The first-order chi connectivity index (χ1) is 12.6. The van der Waals surface area contributed by atoms with E-state index in [-0.39, 0.29) is 24.2 Å². The number of anilines is 2. The summed E-state index contributed by atoms with van der Waals surface area (Å²) in [5.41, 5.74) is 2.01. The maximum Gasteiger partial charge on any atom is 0.228 e. The molecule has 0 radical (unpaired) electrons. The molecule has 3 rings (SSSR count). The van der Waals surface area contributed by atoms with E-state index in [4.69, 9.17) is 4.74 Å². The molecule has 2 heterocycles. The van der Waals surface area contributed by atoms with E-state index in [9.17, 15) is 9.59 Å². The molecule has 7 nitrogen and oxygen atoms in total. The molecular formula is C18H22N4O3S. The Morgan fingerprint density at radius 3 is 2.96 bits per heavy atom. The largest absolute Gasteiger partial charge is 0.381 e. The van der Waals surface area contributed by atoms with Crippen molar-refractivity contribution in [3.63, 3.8) is 0 Å². The SMILES string of the molecule is CCOCCC(=O)Nc1nnc([C@@H]2CC(=O)N(c3ccccc3C)C2)s1. The van der Waals surface area contributed by atoms with Gasteiger partial charge in [-0.25, -0.2) is 0 Å². The summed E-state index contributed by atoms with van der Waals surface area (Å²) >= 11 is 1.33. The fraction of sp³-hybridized carbons (Fsp3) is 0.444. The summed E-state index contributed by atoms with van der Waals surface area (Å²) < 4.78 is 5.17. The van der Waals surface area contributed by atoms with Crippen LogP contribution >= 0.6 is 11.3 Å². The van der Waals surface area contributed by atoms with Gasteiger partial charge in [0.25, 0.3) is 0 Å². The van der Waals surface area contributed by atoms with Crippen LogP contribution in [0.15, 0.2) is 24.3 Å². The lowest BCUT2D eigenvalue weighted by Gasteiger charge is -2.18. The van der Waals surface area contributed by atoms with Gasteiger partial charge in [-0.15, -0.1) is 10.2 Å². The van der Waals surface area contributed by atoms with E-state index in [0.29, 0.717) is 31.3 Å². The average Bonchev–Trinajstić information content (AvgIpc) is 3.22. The van der Waals surface area contributed by atoms with Crippen LogP contribution < -0.4 is 10.2 Å².